The highest BCUT2D eigenvalue weighted by atomic mass is 19.4. The van der Waals surface area contributed by atoms with Crippen molar-refractivity contribution >= 4 is 17.2 Å². The molecule has 164 valence electrons. The van der Waals surface area contributed by atoms with Crippen LogP contribution in [-0.4, -0.2) is 50.2 Å². The van der Waals surface area contributed by atoms with Gasteiger partial charge in [-0.3, -0.25) is 9.48 Å². The molecule has 1 saturated carbocycles. The van der Waals surface area contributed by atoms with Crippen molar-refractivity contribution < 1.29 is 22.7 Å². The van der Waals surface area contributed by atoms with E-state index >= 15 is 0 Å². The number of alkyl halides is 3. The lowest BCUT2D eigenvalue weighted by molar-refractivity contribution is -0.296. The molecule has 2 N–H and O–H groups in total. The van der Waals surface area contributed by atoms with E-state index in [0.717, 1.165) is 23.9 Å². The smallest absolute Gasteiger partial charge is 0.358 e. The normalized spacial score (nSPS) is 18.2. The topological polar surface area (TPSA) is 85.5 Å². The Morgan fingerprint density at radius 1 is 1.35 bits per heavy atom. The molecule has 3 aromatic rings. The molecule has 3 aromatic heterocycles. The van der Waals surface area contributed by atoms with E-state index in [1.165, 1.54) is 6.20 Å². The van der Waals surface area contributed by atoms with Crippen LogP contribution >= 0.6 is 0 Å². The van der Waals surface area contributed by atoms with Gasteiger partial charge in [-0.1, -0.05) is 0 Å². The summed E-state index contributed by atoms with van der Waals surface area (Å²) in [6.07, 6.45) is 0.620. The van der Waals surface area contributed by atoms with Crippen molar-refractivity contribution in [3.8, 4) is 11.3 Å². The number of carbonyl (C=O) groups excluding carboxylic acids is 1. The zero-order chi connectivity index (χ0) is 21.8. The largest absolute Gasteiger partial charge is 0.419 e. The number of nitrogens with one attached hydrogen (secondary N) is 2. The summed E-state index contributed by atoms with van der Waals surface area (Å²) in [7, 11) is 1.73. The van der Waals surface area contributed by atoms with Gasteiger partial charge in [0.25, 0.3) is 0 Å². The highest BCUT2D eigenvalue weighted by Gasteiger charge is 2.60. The second kappa shape index (κ2) is 7.06. The molecule has 2 aliphatic rings. The van der Waals surface area contributed by atoms with Crippen molar-refractivity contribution in [3.63, 3.8) is 0 Å². The summed E-state index contributed by atoms with van der Waals surface area (Å²) in [5.74, 6) is 0.509. The van der Waals surface area contributed by atoms with E-state index in [9.17, 15) is 18.0 Å². The van der Waals surface area contributed by atoms with Crippen LogP contribution in [0.1, 0.15) is 18.4 Å². The number of ether oxygens (including phenoxy) is 1. The molecule has 1 saturated heterocycles. The number of amides is 1. The maximum absolute atomic E-state index is 13.4. The Hall–Kier alpha value is -2.92. The number of aryl methyl sites for hydroxylation is 1. The van der Waals surface area contributed by atoms with Gasteiger partial charge in [-0.05, 0) is 25.0 Å². The lowest BCUT2D eigenvalue weighted by Crippen LogP contribution is -2.69. The summed E-state index contributed by atoms with van der Waals surface area (Å²) in [5, 5.41) is 14.0. The summed E-state index contributed by atoms with van der Waals surface area (Å²) in [4.78, 5) is 12.0. The fourth-order valence-corrected chi connectivity index (χ4v) is 3.69. The van der Waals surface area contributed by atoms with Gasteiger partial charge in [-0.15, -0.1) is 0 Å². The molecule has 2 fully saturated rings. The second-order valence-corrected chi connectivity index (χ2v) is 8.10. The number of nitrogens with zero attached hydrogens (tertiary/aromatic N) is 4. The van der Waals surface area contributed by atoms with Crippen molar-refractivity contribution in [1.82, 2.24) is 24.7 Å². The number of aromatic nitrogens is 4. The first-order valence-electron chi connectivity index (χ1n) is 9.99. The van der Waals surface area contributed by atoms with Gasteiger partial charge in [0.1, 0.15) is 0 Å². The maximum atomic E-state index is 13.4. The quantitative estimate of drug-likeness (QED) is 0.623. The number of hydrogen-bond donors (Lipinski definition) is 2. The molecule has 1 aliphatic heterocycles. The van der Waals surface area contributed by atoms with Gasteiger partial charge in [0.2, 0.25) is 5.91 Å². The fourth-order valence-electron chi connectivity index (χ4n) is 3.69. The first-order chi connectivity index (χ1) is 14.8. The third kappa shape index (κ3) is 3.57. The van der Waals surface area contributed by atoms with Crippen molar-refractivity contribution in [3.05, 3.63) is 36.2 Å². The van der Waals surface area contributed by atoms with E-state index in [-0.39, 0.29) is 31.5 Å². The van der Waals surface area contributed by atoms with Crippen molar-refractivity contribution in [2.24, 2.45) is 13.0 Å². The minimum absolute atomic E-state index is 0.0289. The zero-order valence-corrected chi connectivity index (χ0v) is 16.7. The van der Waals surface area contributed by atoms with Gasteiger partial charge in [0.05, 0.1) is 24.0 Å². The maximum Gasteiger partial charge on any atom is 0.419 e. The number of rotatable bonds is 6. The predicted molar refractivity (Wildman–Crippen MR) is 105 cm³/mol. The van der Waals surface area contributed by atoms with Gasteiger partial charge in [-0.25, -0.2) is 4.52 Å². The number of halogens is 3. The van der Waals surface area contributed by atoms with E-state index in [4.69, 9.17) is 4.74 Å². The van der Waals surface area contributed by atoms with Crippen molar-refractivity contribution in [2.75, 3.05) is 18.4 Å². The molecule has 0 atom stereocenters. The van der Waals surface area contributed by atoms with Gasteiger partial charge in [0, 0.05) is 49.4 Å². The van der Waals surface area contributed by atoms with E-state index in [1.807, 2.05) is 6.07 Å². The van der Waals surface area contributed by atoms with Crippen LogP contribution in [0, 0.1) is 5.92 Å². The molecule has 8 nitrogen and oxygen atoms in total. The number of anilines is 1. The van der Waals surface area contributed by atoms with E-state index in [2.05, 4.69) is 20.8 Å². The Kier molecular flexibility index (Phi) is 4.56. The SMILES string of the molecule is Cn1ncc(COC2(C(F)(F)F)CNC2)c1-c1ccn2nc(NC(=O)C3CC3)cc2c1. The highest BCUT2D eigenvalue weighted by Crippen LogP contribution is 2.38. The molecule has 1 aliphatic carbocycles. The summed E-state index contributed by atoms with van der Waals surface area (Å²) >= 11 is 0. The first-order valence-corrected chi connectivity index (χ1v) is 9.99. The minimum Gasteiger partial charge on any atom is -0.358 e. The van der Waals surface area contributed by atoms with Crippen molar-refractivity contribution in [2.45, 2.75) is 31.2 Å². The standard InChI is InChI=1S/C20H21F3N6O2/c1-28-17(14(8-25-28)9-31-19(10-24-11-19)20(21,22)23)13-4-5-29-15(6-13)7-16(27-29)26-18(30)12-2-3-12/h4-8,12,24H,2-3,9-11H2,1H3,(H,26,27,30). The van der Waals surface area contributed by atoms with Crippen LogP contribution in [0.3, 0.4) is 0 Å². The Morgan fingerprint density at radius 3 is 2.77 bits per heavy atom. The Balaban J connectivity index is 1.39. The molecule has 4 heterocycles. The lowest BCUT2D eigenvalue weighted by Gasteiger charge is -2.43. The minimum atomic E-state index is -4.45. The molecule has 1 amide bonds. The lowest BCUT2D eigenvalue weighted by atomic mass is 9.96. The molecule has 0 unspecified atom stereocenters. The molecule has 5 rings (SSSR count). The molecule has 0 spiro atoms. The number of carbonyl (C=O) groups is 1. The van der Waals surface area contributed by atoms with Crippen LogP contribution < -0.4 is 10.6 Å². The van der Waals surface area contributed by atoms with Crippen molar-refractivity contribution in [1.29, 1.82) is 0 Å². The van der Waals surface area contributed by atoms with Gasteiger partial charge >= 0.3 is 6.18 Å². The molecular weight excluding hydrogens is 413 g/mol. The summed E-state index contributed by atoms with van der Waals surface area (Å²) < 4.78 is 48.7. The van der Waals surface area contributed by atoms with Gasteiger partial charge in [0.15, 0.2) is 11.4 Å². The van der Waals surface area contributed by atoms with E-state index in [0.29, 0.717) is 17.1 Å². The molecule has 11 heteroatoms. The summed E-state index contributed by atoms with van der Waals surface area (Å²) in [5.41, 5.74) is 0.566. The monoisotopic (exact) mass is 434 g/mol. The Bertz CT molecular complexity index is 1140. The number of pyridine rings is 1. The van der Waals surface area contributed by atoms with Crippen LogP contribution in [0.2, 0.25) is 0 Å². The number of hydrogen-bond acceptors (Lipinski definition) is 5. The summed E-state index contributed by atoms with van der Waals surface area (Å²) in [6, 6.07) is 5.41. The molecule has 0 aromatic carbocycles. The molecular formula is C20H21F3N6O2. The zero-order valence-electron chi connectivity index (χ0n) is 16.7. The van der Waals surface area contributed by atoms with Crippen LogP contribution in [0.15, 0.2) is 30.6 Å². The highest BCUT2D eigenvalue weighted by molar-refractivity contribution is 5.93. The second-order valence-electron chi connectivity index (χ2n) is 8.10. The van der Waals surface area contributed by atoms with Crippen LogP contribution in [0.4, 0.5) is 19.0 Å². The third-order valence-electron chi connectivity index (χ3n) is 5.79. The predicted octanol–water partition coefficient (Wildman–Crippen LogP) is 2.50. The molecule has 0 radical (unpaired) electrons. The molecule has 0 bridgehead atoms. The molecule has 31 heavy (non-hydrogen) atoms. The van der Waals surface area contributed by atoms with Crippen LogP contribution in [0.5, 0.6) is 0 Å². The Morgan fingerprint density at radius 2 is 2.13 bits per heavy atom. The average molecular weight is 434 g/mol. The number of fused-ring (bicyclic) bond motifs is 1. The Labute approximate surface area is 175 Å². The van der Waals surface area contributed by atoms with Crippen LogP contribution in [0.25, 0.3) is 16.8 Å². The first kappa shape index (κ1) is 20.0. The van der Waals surface area contributed by atoms with Gasteiger partial charge in [-0.2, -0.15) is 23.4 Å². The van der Waals surface area contributed by atoms with E-state index in [1.54, 1.807) is 34.6 Å². The van der Waals surface area contributed by atoms with Crippen LogP contribution in [-0.2, 0) is 23.2 Å². The fraction of sp³-hybridized carbons (Fsp3) is 0.450. The van der Waals surface area contributed by atoms with E-state index < -0.39 is 11.8 Å². The van der Waals surface area contributed by atoms with Gasteiger partial charge < -0.3 is 15.4 Å². The average Bonchev–Trinajstić information content (AvgIpc) is 3.35. The summed E-state index contributed by atoms with van der Waals surface area (Å²) in [6.45, 7) is -0.732. The third-order valence-corrected chi connectivity index (χ3v) is 5.79.